The zero-order chi connectivity index (χ0) is 17.3. The number of rotatable bonds is 3. The molecule has 4 nitrogen and oxygen atoms in total. The van der Waals surface area contributed by atoms with Crippen molar-refractivity contribution < 1.29 is 13.5 Å². The Labute approximate surface area is 143 Å². The predicted molar refractivity (Wildman–Crippen MR) is 95.0 cm³/mol. The SMILES string of the molecule is CC1=C(c2ccccc2)CN(S(=O)(=O)c2ccc(C)cc2)CC1O. The van der Waals surface area contributed by atoms with E-state index in [2.05, 4.69) is 0 Å². The second kappa shape index (κ2) is 6.51. The molecule has 0 bridgehead atoms. The van der Waals surface area contributed by atoms with Crippen LogP contribution in [0.4, 0.5) is 0 Å². The molecule has 3 rings (SSSR count). The molecule has 0 aliphatic carbocycles. The molecule has 1 unspecified atom stereocenters. The van der Waals surface area contributed by atoms with Gasteiger partial charge in [-0.05, 0) is 42.7 Å². The van der Waals surface area contributed by atoms with E-state index in [0.717, 1.165) is 22.3 Å². The molecule has 1 aliphatic rings. The van der Waals surface area contributed by atoms with E-state index in [-0.39, 0.29) is 18.0 Å². The number of benzene rings is 2. The van der Waals surface area contributed by atoms with E-state index in [9.17, 15) is 13.5 Å². The molecular formula is C19H21NO3S. The largest absolute Gasteiger partial charge is 0.387 e. The zero-order valence-electron chi connectivity index (χ0n) is 13.8. The van der Waals surface area contributed by atoms with Crippen LogP contribution in [0.2, 0.25) is 0 Å². The maximum atomic E-state index is 12.9. The Balaban J connectivity index is 1.98. The number of aliphatic hydroxyl groups is 1. The van der Waals surface area contributed by atoms with Crippen LogP contribution in [-0.4, -0.2) is 37.0 Å². The average molecular weight is 343 g/mol. The molecule has 0 aromatic heterocycles. The van der Waals surface area contributed by atoms with E-state index < -0.39 is 16.1 Å². The third-order valence-corrected chi connectivity index (χ3v) is 6.29. The summed E-state index contributed by atoms with van der Waals surface area (Å²) in [6, 6.07) is 16.4. The van der Waals surface area contributed by atoms with E-state index in [0.29, 0.717) is 0 Å². The highest BCUT2D eigenvalue weighted by Gasteiger charge is 2.32. The van der Waals surface area contributed by atoms with Crippen LogP contribution in [0.15, 0.2) is 65.1 Å². The average Bonchev–Trinajstić information content (AvgIpc) is 2.58. The highest BCUT2D eigenvalue weighted by atomic mass is 32.2. The first-order valence-electron chi connectivity index (χ1n) is 7.89. The van der Waals surface area contributed by atoms with Crippen molar-refractivity contribution in [1.29, 1.82) is 0 Å². The van der Waals surface area contributed by atoms with Crippen LogP contribution < -0.4 is 0 Å². The van der Waals surface area contributed by atoms with Gasteiger partial charge in [0.2, 0.25) is 10.0 Å². The molecule has 0 saturated carbocycles. The van der Waals surface area contributed by atoms with Crippen molar-refractivity contribution in [1.82, 2.24) is 4.31 Å². The Morgan fingerprint density at radius 1 is 1.00 bits per heavy atom. The first kappa shape index (κ1) is 16.9. The Bertz CT molecular complexity index is 855. The molecule has 5 heteroatoms. The van der Waals surface area contributed by atoms with E-state index in [4.69, 9.17) is 0 Å². The third kappa shape index (κ3) is 3.15. The normalized spacial score (nSPS) is 19.5. The molecule has 0 saturated heterocycles. The van der Waals surface area contributed by atoms with Gasteiger partial charge in [-0.15, -0.1) is 0 Å². The molecule has 1 N–H and O–H groups in total. The summed E-state index contributed by atoms with van der Waals surface area (Å²) in [5.74, 6) is 0. The highest BCUT2D eigenvalue weighted by molar-refractivity contribution is 7.89. The molecule has 0 fully saturated rings. The van der Waals surface area contributed by atoms with E-state index >= 15 is 0 Å². The number of aliphatic hydroxyl groups excluding tert-OH is 1. The van der Waals surface area contributed by atoms with Crippen molar-refractivity contribution >= 4 is 15.6 Å². The summed E-state index contributed by atoms with van der Waals surface area (Å²) < 4.78 is 27.2. The molecule has 0 spiro atoms. The summed E-state index contributed by atoms with van der Waals surface area (Å²) in [6.07, 6.45) is -0.797. The van der Waals surface area contributed by atoms with Crippen LogP contribution in [0, 0.1) is 6.92 Å². The molecule has 126 valence electrons. The van der Waals surface area contributed by atoms with Crippen molar-refractivity contribution in [3.05, 3.63) is 71.3 Å². The fraction of sp³-hybridized carbons (Fsp3) is 0.263. The fourth-order valence-corrected chi connectivity index (χ4v) is 4.31. The predicted octanol–water partition coefficient (Wildman–Crippen LogP) is 2.83. The summed E-state index contributed by atoms with van der Waals surface area (Å²) in [5, 5.41) is 10.4. The van der Waals surface area contributed by atoms with E-state index in [1.165, 1.54) is 4.31 Å². The minimum atomic E-state index is -3.64. The number of aryl methyl sites for hydroxylation is 1. The number of sulfonamides is 1. The van der Waals surface area contributed by atoms with Gasteiger partial charge in [-0.1, -0.05) is 48.0 Å². The van der Waals surface area contributed by atoms with Crippen molar-refractivity contribution in [3.8, 4) is 0 Å². The standard InChI is InChI=1S/C19H21NO3S/c1-14-8-10-17(11-9-14)24(22,23)20-12-18(15(2)19(21)13-20)16-6-4-3-5-7-16/h3-11,19,21H,12-13H2,1-2H3. The van der Waals surface area contributed by atoms with Gasteiger partial charge in [0.1, 0.15) is 0 Å². The van der Waals surface area contributed by atoms with Crippen LogP contribution in [0.5, 0.6) is 0 Å². The topological polar surface area (TPSA) is 57.6 Å². The van der Waals surface area contributed by atoms with Gasteiger partial charge in [-0.2, -0.15) is 4.31 Å². The van der Waals surface area contributed by atoms with Crippen LogP contribution in [0.3, 0.4) is 0 Å². The number of hydrogen-bond donors (Lipinski definition) is 1. The zero-order valence-corrected chi connectivity index (χ0v) is 14.6. The van der Waals surface area contributed by atoms with Crippen molar-refractivity contribution in [3.63, 3.8) is 0 Å². The van der Waals surface area contributed by atoms with E-state index in [1.807, 2.05) is 44.2 Å². The van der Waals surface area contributed by atoms with Gasteiger partial charge in [0.15, 0.2) is 0 Å². The van der Waals surface area contributed by atoms with Gasteiger partial charge in [-0.25, -0.2) is 8.42 Å². The minimum absolute atomic E-state index is 0.0817. The number of hydrogen-bond acceptors (Lipinski definition) is 3. The third-order valence-electron chi connectivity index (χ3n) is 4.47. The Morgan fingerprint density at radius 3 is 2.25 bits per heavy atom. The van der Waals surface area contributed by atoms with Gasteiger partial charge >= 0.3 is 0 Å². The Hall–Kier alpha value is -1.95. The summed E-state index contributed by atoms with van der Waals surface area (Å²) in [4.78, 5) is 0.257. The van der Waals surface area contributed by atoms with Crippen LogP contribution in [-0.2, 0) is 10.0 Å². The number of nitrogens with zero attached hydrogens (tertiary/aromatic N) is 1. The highest BCUT2D eigenvalue weighted by Crippen LogP contribution is 2.30. The first-order valence-corrected chi connectivity index (χ1v) is 9.33. The van der Waals surface area contributed by atoms with Crippen molar-refractivity contribution in [2.75, 3.05) is 13.1 Å². The van der Waals surface area contributed by atoms with Crippen molar-refractivity contribution in [2.24, 2.45) is 0 Å². The molecule has 0 amide bonds. The van der Waals surface area contributed by atoms with Crippen LogP contribution in [0.1, 0.15) is 18.1 Å². The molecule has 1 atom stereocenters. The first-order chi connectivity index (χ1) is 11.4. The fourth-order valence-electron chi connectivity index (χ4n) is 2.90. The van der Waals surface area contributed by atoms with E-state index in [1.54, 1.807) is 24.3 Å². The summed E-state index contributed by atoms with van der Waals surface area (Å²) >= 11 is 0. The second-order valence-electron chi connectivity index (χ2n) is 6.15. The lowest BCUT2D eigenvalue weighted by Gasteiger charge is -2.32. The lowest BCUT2D eigenvalue weighted by Crippen LogP contribution is -2.42. The van der Waals surface area contributed by atoms with Gasteiger partial charge in [-0.3, -0.25) is 0 Å². The lowest BCUT2D eigenvalue weighted by atomic mass is 9.94. The summed E-state index contributed by atoms with van der Waals surface area (Å²) in [6.45, 7) is 4.13. The second-order valence-corrected chi connectivity index (χ2v) is 8.09. The van der Waals surface area contributed by atoms with Gasteiger partial charge in [0, 0.05) is 13.1 Å². The number of β-amino-alcohol motifs (C(OH)–C–C–N with tert-alkyl or cyclic N) is 1. The van der Waals surface area contributed by atoms with Gasteiger partial charge in [0.25, 0.3) is 0 Å². The van der Waals surface area contributed by atoms with Crippen LogP contribution in [0.25, 0.3) is 5.57 Å². The Kier molecular flexibility index (Phi) is 4.58. The smallest absolute Gasteiger partial charge is 0.243 e. The van der Waals surface area contributed by atoms with Crippen LogP contribution >= 0.6 is 0 Å². The molecule has 24 heavy (non-hydrogen) atoms. The quantitative estimate of drug-likeness (QED) is 0.932. The minimum Gasteiger partial charge on any atom is -0.387 e. The van der Waals surface area contributed by atoms with Gasteiger partial charge < -0.3 is 5.11 Å². The molecule has 1 aliphatic heterocycles. The maximum Gasteiger partial charge on any atom is 0.243 e. The molecule has 0 radical (unpaired) electrons. The monoisotopic (exact) mass is 343 g/mol. The molecule has 2 aromatic carbocycles. The van der Waals surface area contributed by atoms with Gasteiger partial charge in [0.05, 0.1) is 11.0 Å². The van der Waals surface area contributed by atoms with Crippen molar-refractivity contribution in [2.45, 2.75) is 24.8 Å². The maximum absolute atomic E-state index is 12.9. The summed E-state index contributed by atoms with van der Waals surface area (Å²) in [7, 11) is -3.64. The lowest BCUT2D eigenvalue weighted by molar-refractivity contribution is 0.174. The summed E-state index contributed by atoms with van der Waals surface area (Å²) in [5.41, 5.74) is 3.65. The molecule has 1 heterocycles. The Morgan fingerprint density at radius 2 is 1.62 bits per heavy atom. The molecule has 2 aromatic rings. The molecular weight excluding hydrogens is 322 g/mol.